The van der Waals surface area contributed by atoms with Crippen LogP contribution in [-0.4, -0.2) is 29.2 Å². The molecule has 0 unspecified atom stereocenters. The minimum absolute atomic E-state index is 0.0966. The van der Waals surface area contributed by atoms with E-state index in [0.29, 0.717) is 11.3 Å². The van der Waals surface area contributed by atoms with Crippen molar-refractivity contribution in [1.82, 2.24) is 0 Å². The van der Waals surface area contributed by atoms with E-state index in [4.69, 9.17) is 9.47 Å². The quantitative estimate of drug-likeness (QED) is 0.805. The van der Waals surface area contributed by atoms with Gasteiger partial charge in [-0.25, -0.2) is 8.42 Å². The van der Waals surface area contributed by atoms with Gasteiger partial charge in [0.05, 0.1) is 24.8 Å². The zero-order chi connectivity index (χ0) is 18.6. The molecule has 25 heavy (non-hydrogen) atoms. The minimum atomic E-state index is -4.05. The van der Waals surface area contributed by atoms with Gasteiger partial charge >= 0.3 is 6.61 Å². The third-order valence-electron chi connectivity index (χ3n) is 3.26. The number of aryl methyl sites for hydroxylation is 1. The van der Waals surface area contributed by atoms with Crippen LogP contribution in [0.15, 0.2) is 41.3 Å². The fraction of sp³-hybridized carbons (Fsp3) is 0.250. The molecule has 0 aliphatic heterocycles. The van der Waals surface area contributed by atoms with E-state index < -0.39 is 16.6 Å². The van der Waals surface area contributed by atoms with E-state index in [1.807, 2.05) is 0 Å². The number of ether oxygens (including phenoxy) is 3. The average molecular weight is 373 g/mol. The van der Waals surface area contributed by atoms with Crippen molar-refractivity contribution in [2.75, 3.05) is 18.9 Å². The van der Waals surface area contributed by atoms with Gasteiger partial charge in [0.25, 0.3) is 10.0 Å². The minimum Gasteiger partial charge on any atom is -0.493 e. The van der Waals surface area contributed by atoms with Crippen LogP contribution in [0.25, 0.3) is 0 Å². The van der Waals surface area contributed by atoms with Gasteiger partial charge in [-0.2, -0.15) is 8.78 Å². The topological polar surface area (TPSA) is 73.9 Å². The first-order valence-corrected chi connectivity index (χ1v) is 8.55. The average Bonchev–Trinajstić information content (AvgIpc) is 2.56. The Kier molecular flexibility index (Phi) is 5.68. The van der Waals surface area contributed by atoms with Gasteiger partial charge in [-0.3, -0.25) is 4.72 Å². The summed E-state index contributed by atoms with van der Waals surface area (Å²) in [5, 5.41) is 0. The van der Waals surface area contributed by atoms with Crippen molar-refractivity contribution in [2.45, 2.75) is 18.4 Å². The van der Waals surface area contributed by atoms with Crippen LogP contribution in [-0.2, 0) is 10.0 Å². The number of hydrogen-bond donors (Lipinski definition) is 1. The smallest absolute Gasteiger partial charge is 0.387 e. The number of halogens is 2. The molecule has 1 N–H and O–H groups in total. The van der Waals surface area contributed by atoms with Crippen LogP contribution >= 0.6 is 0 Å². The molecular weight excluding hydrogens is 356 g/mol. The first kappa shape index (κ1) is 18.8. The van der Waals surface area contributed by atoms with Gasteiger partial charge in [-0.15, -0.1) is 0 Å². The lowest BCUT2D eigenvalue weighted by Gasteiger charge is -2.15. The van der Waals surface area contributed by atoms with Crippen molar-refractivity contribution in [3.8, 4) is 17.2 Å². The molecule has 0 aromatic heterocycles. The lowest BCUT2D eigenvalue weighted by atomic mass is 10.2. The van der Waals surface area contributed by atoms with Gasteiger partial charge in [0, 0.05) is 6.07 Å². The molecule has 0 spiro atoms. The summed E-state index contributed by atoms with van der Waals surface area (Å²) in [6.45, 7) is -1.41. The molecule has 2 aromatic carbocycles. The van der Waals surface area contributed by atoms with Crippen LogP contribution in [0.1, 0.15) is 5.56 Å². The zero-order valence-electron chi connectivity index (χ0n) is 13.7. The number of methoxy groups -OCH3 is 2. The van der Waals surface area contributed by atoms with Gasteiger partial charge < -0.3 is 14.2 Å². The molecule has 0 amide bonds. The summed E-state index contributed by atoms with van der Waals surface area (Å²) in [6.07, 6.45) is 0. The molecule has 0 bridgehead atoms. The SMILES string of the molecule is COc1ccc(S(=O)(=O)Nc2ccc(C)cc2OC(F)F)cc1OC. The highest BCUT2D eigenvalue weighted by Gasteiger charge is 2.20. The summed E-state index contributed by atoms with van der Waals surface area (Å²) in [5.41, 5.74) is 0.547. The van der Waals surface area contributed by atoms with E-state index >= 15 is 0 Å². The highest BCUT2D eigenvalue weighted by molar-refractivity contribution is 7.92. The Balaban J connectivity index is 2.39. The number of anilines is 1. The third-order valence-corrected chi connectivity index (χ3v) is 4.63. The molecule has 0 radical (unpaired) electrons. The summed E-state index contributed by atoms with van der Waals surface area (Å²) >= 11 is 0. The maximum absolute atomic E-state index is 12.5. The van der Waals surface area contributed by atoms with Crippen LogP contribution < -0.4 is 18.9 Å². The number of hydrogen-bond acceptors (Lipinski definition) is 5. The van der Waals surface area contributed by atoms with E-state index in [1.165, 1.54) is 44.6 Å². The monoisotopic (exact) mass is 373 g/mol. The predicted molar refractivity (Wildman–Crippen MR) is 88.2 cm³/mol. The van der Waals surface area contributed by atoms with Gasteiger partial charge in [0.1, 0.15) is 5.75 Å². The Morgan fingerprint density at radius 2 is 1.64 bits per heavy atom. The van der Waals surface area contributed by atoms with Gasteiger partial charge in [0.15, 0.2) is 11.5 Å². The summed E-state index contributed by atoms with van der Waals surface area (Å²) in [6, 6.07) is 8.25. The Labute approximate surface area is 144 Å². The highest BCUT2D eigenvalue weighted by Crippen LogP contribution is 2.32. The second-order valence-corrected chi connectivity index (χ2v) is 6.68. The fourth-order valence-corrected chi connectivity index (χ4v) is 3.18. The molecule has 136 valence electrons. The summed E-state index contributed by atoms with van der Waals surface area (Å²) in [4.78, 5) is -0.117. The largest absolute Gasteiger partial charge is 0.493 e. The molecular formula is C16H17F2NO5S. The Morgan fingerprint density at radius 3 is 2.24 bits per heavy atom. The molecule has 0 aliphatic carbocycles. The normalized spacial score (nSPS) is 11.3. The number of nitrogens with one attached hydrogen (secondary N) is 1. The zero-order valence-corrected chi connectivity index (χ0v) is 14.6. The Bertz CT molecular complexity index is 856. The van der Waals surface area contributed by atoms with Crippen molar-refractivity contribution in [1.29, 1.82) is 0 Å². The van der Waals surface area contributed by atoms with E-state index in [0.717, 1.165) is 0 Å². The van der Waals surface area contributed by atoms with Gasteiger partial charge in [-0.05, 0) is 36.8 Å². The molecule has 6 nitrogen and oxygen atoms in total. The Morgan fingerprint density at radius 1 is 0.960 bits per heavy atom. The highest BCUT2D eigenvalue weighted by atomic mass is 32.2. The first-order valence-electron chi connectivity index (χ1n) is 7.07. The van der Waals surface area contributed by atoms with Crippen molar-refractivity contribution in [3.05, 3.63) is 42.0 Å². The van der Waals surface area contributed by atoms with Crippen molar-refractivity contribution in [3.63, 3.8) is 0 Å². The molecule has 0 saturated carbocycles. The maximum atomic E-state index is 12.5. The molecule has 0 fully saturated rings. The van der Waals surface area contributed by atoms with Crippen molar-refractivity contribution in [2.24, 2.45) is 0 Å². The molecule has 0 atom stereocenters. The fourth-order valence-electron chi connectivity index (χ4n) is 2.09. The predicted octanol–water partition coefficient (Wildman–Crippen LogP) is 3.41. The molecule has 2 rings (SSSR count). The second kappa shape index (κ2) is 7.56. The molecule has 2 aromatic rings. The molecule has 0 saturated heterocycles. The van der Waals surface area contributed by atoms with E-state index in [-0.39, 0.29) is 22.1 Å². The number of rotatable bonds is 7. The van der Waals surface area contributed by atoms with Gasteiger partial charge in [0.2, 0.25) is 0 Å². The second-order valence-electron chi connectivity index (χ2n) is 5.00. The van der Waals surface area contributed by atoms with Crippen molar-refractivity contribution >= 4 is 15.7 Å². The summed E-state index contributed by atoms with van der Waals surface area (Å²) in [7, 11) is -1.26. The summed E-state index contributed by atoms with van der Waals surface area (Å²) < 4.78 is 66.9. The Hall–Kier alpha value is -2.55. The van der Waals surface area contributed by atoms with Crippen LogP contribution in [0.2, 0.25) is 0 Å². The van der Waals surface area contributed by atoms with Crippen LogP contribution in [0.4, 0.5) is 14.5 Å². The summed E-state index contributed by atoms with van der Waals surface area (Å²) in [5.74, 6) is 0.316. The van der Waals surface area contributed by atoms with Crippen molar-refractivity contribution < 1.29 is 31.4 Å². The standard InChI is InChI=1S/C16H17F2NO5S/c1-10-4-6-12(14(8-10)24-16(17)18)19-25(20,21)11-5-7-13(22-2)15(9-11)23-3/h4-9,16,19H,1-3H3. The first-order chi connectivity index (χ1) is 11.8. The maximum Gasteiger partial charge on any atom is 0.387 e. The number of benzene rings is 2. The van der Waals surface area contributed by atoms with Crippen LogP contribution in [0.3, 0.4) is 0 Å². The van der Waals surface area contributed by atoms with E-state index in [1.54, 1.807) is 13.0 Å². The number of alkyl halides is 2. The lowest BCUT2D eigenvalue weighted by Crippen LogP contribution is -2.15. The molecule has 9 heteroatoms. The van der Waals surface area contributed by atoms with Crippen LogP contribution in [0, 0.1) is 6.92 Å². The molecule has 0 aliphatic rings. The van der Waals surface area contributed by atoms with Gasteiger partial charge in [-0.1, -0.05) is 6.07 Å². The third kappa shape index (κ3) is 4.50. The number of sulfonamides is 1. The van der Waals surface area contributed by atoms with Crippen LogP contribution in [0.5, 0.6) is 17.2 Å². The molecule has 0 heterocycles. The lowest BCUT2D eigenvalue weighted by molar-refractivity contribution is -0.0493. The van der Waals surface area contributed by atoms with E-state index in [9.17, 15) is 17.2 Å². The van der Waals surface area contributed by atoms with E-state index in [2.05, 4.69) is 9.46 Å².